The number of allylic oxidation sites excluding steroid dienone is 2. The molecule has 0 radical (unpaired) electrons. The van der Waals surface area contributed by atoms with Gasteiger partial charge in [-0.15, -0.1) is 41.3 Å². The molecular weight excluding hydrogens is 820 g/mol. The van der Waals surface area contributed by atoms with Crippen molar-refractivity contribution in [2.24, 2.45) is 11.8 Å². The third-order valence-electron chi connectivity index (χ3n) is 10.6. The van der Waals surface area contributed by atoms with Gasteiger partial charge in [-0.05, 0) is 78.8 Å². The van der Waals surface area contributed by atoms with Crippen molar-refractivity contribution >= 4 is 21.8 Å². The monoisotopic (exact) mass is 871 g/mol. The van der Waals surface area contributed by atoms with Crippen LogP contribution in [0.1, 0.15) is 110 Å². The van der Waals surface area contributed by atoms with Crippen LogP contribution in [0.5, 0.6) is 11.5 Å². The van der Waals surface area contributed by atoms with Crippen molar-refractivity contribution in [1.82, 2.24) is 19.3 Å². The number of fused-ring (bicyclic) bond motifs is 3. The zero-order chi connectivity index (χ0) is 36.4. The minimum Gasteiger partial charge on any atom is -0.509 e. The van der Waals surface area contributed by atoms with Gasteiger partial charge in [0.1, 0.15) is 5.82 Å². The summed E-state index contributed by atoms with van der Waals surface area (Å²) in [5.74, 6) is 3.62. The zero-order valence-electron chi connectivity index (χ0n) is 32.6. The van der Waals surface area contributed by atoms with Gasteiger partial charge in [-0.2, -0.15) is 11.2 Å². The maximum atomic E-state index is 6.75. The summed E-state index contributed by atoms with van der Waals surface area (Å²) in [6, 6.07) is 28.6. The van der Waals surface area contributed by atoms with Crippen molar-refractivity contribution in [3.63, 3.8) is 0 Å². The SMILES string of the molecule is CCc1ccnc(-n2c3[c-]c(Oc4[c-]c(-n5nc(C)c(C6C(C)=C[C@H](C)C[C@@H]6C)c5C(C)(C)C)cc(C(C)(C)C)c4)ccc3c3ccccc32)c1.[Pt+2]. The molecule has 0 bridgehead atoms. The minimum absolute atomic E-state index is 0. The number of hydrogen-bond acceptors (Lipinski definition) is 3. The maximum absolute atomic E-state index is 6.75. The molecule has 0 saturated carbocycles. The molecule has 5 nitrogen and oxygen atoms in total. The summed E-state index contributed by atoms with van der Waals surface area (Å²) in [5, 5.41) is 7.56. The molecule has 0 N–H and O–H groups in total. The molecule has 0 aliphatic heterocycles. The van der Waals surface area contributed by atoms with Crippen LogP contribution in [0.15, 0.2) is 78.5 Å². The molecule has 272 valence electrons. The van der Waals surface area contributed by atoms with Crippen molar-refractivity contribution in [3.05, 3.63) is 119 Å². The van der Waals surface area contributed by atoms with E-state index in [0.29, 0.717) is 29.3 Å². The molecule has 7 rings (SSSR count). The molecule has 6 aromatic rings. The van der Waals surface area contributed by atoms with Crippen LogP contribution in [0, 0.1) is 30.9 Å². The van der Waals surface area contributed by atoms with Crippen molar-refractivity contribution in [1.29, 1.82) is 0 Å². The largest absolute Gasteiger partial charge is 2.00 e. The Morgan fingerprint density at radius 2 is 1.62 bits per heavy atom. The van der Waals surface area contributed by atoms with E-state index in [9.17, 15) is 0 Å². The molecule has 1 unspecified atom stereocenters. The predicted octanol–water partition coefficient (Wildman–Crippen LogP) is 11.9. The summed E-state index contributed by atoms with van der Waals surface area (Å²) in [5.41, 5.74) is 10.2. The van der Waals surface area contributed by atoms with E-state index < -0.39 is 0 Å². The molecule has 3 aromatic heterocycles. The van der Waals surface area contributed by atoms with Gasteiger partial charge in [0.05, 0.1) is 11.4 Å². The predicted molar refractivity (Wildman–Crippen MR) is 211 cm³/mol. The van der Waals surface area contributed by atoms with E-state index in [-0.39, 0.29) is 31.9 Å². The molecule has 0 fully saturated rings. The minimum atomic E-state index is -0.151. The Bertz CT molecular complexity index is 2290. The fourth-order valence-electron chi connectivity index (χ4n) is 8.34. The Balaban J connectivity index is 0.00000464. The van der Waals surface area contributed by atoms with Gasteiger partial charge in [-0.3, -0.25) is 4.68 Å². The first kappa shape index (κ1) is 37.8. The van der Waals surface area contributed by atoms with E-state index in [1.165, 1.54) is 28.8 Å². The second kappa shape index (κ2) is 14.1. The summed E-state index contributed by atoms with van der Waals surface area (Å²) >= 11 is 0. The Hall–Kier alpha value is -3.95. The zero-order valence-corrected chi connectivity index (χ0v) is 34.9. The molecule has 1 aliphatic carbocycles. The van der Waals surface area contributed by atoms with Crippen molar-refractivity contribution in [2.75, 3.05) is 0 Å². The average molecular weight is 872 g/mol. The molecule has 52 heavy (non-hydrogen) atoms. The number of aromatic nitrogens is 4. The Morgan fingerprint density at radius 3 is 2.31 bits per heavy atom. The van der Waals surface area contributed by atoms with E-state index in [2.05, 4.69) is 158 Å². The summed E-state index contributed by atoms with van der Waals surface area (Å²) in [6.07, 6.45) is 6.48. The van der Waals surface area contributed by atoms with Gasteiger partial charge in [0.2, 0.25) is 0 Å². The fourth-order valence-corrected chi connectivity index (χ4v) is 8.34. The third kappa shape index (κ3) is 6.94. The number of nitrogens with zero attached hydrogens (tertiary/aromatic N) is 4. The van der Waals surface area contributed by atoms with Gasteiger partial charge in [0.15, 0.2) is 0 Å². The Kier molecular flexibility index (Phi) is 10.3. The number of aryl methyl sites for hydroxylation is 2. The number of ether oxygens (including phenoxy) is 1. The Labute approximate surface area is 324 Å². The first-order valence-corrected chi connectivity index (χ1v) is 18.6. The number of rotatable bonds is 6. The summed E-state index contributed by atoms with van der Waals surface area (Å²) in [7, 11) is 0. The first-order valence-electron chi connectivity index (χ1n) is 18.6. The van der Waals surface area contributed by atoms with Gasteiger partial charge in [0, 0.05) is 40.1 Å². The van der Waals surface area contributed by atoms with Crippen LogP contribution in [0.25, 0.3) is 33.3 Å². The molecule has 6 heteroatoms. The molecule has 3 heterocycles. The van der Waals surface area contributed by atoms with Crippen molar-refractivity contribution in [3.8, 4) is 23.0 Å². The quantitative estimate of drug-likeness (QED) is 0.124. The van der Waals surface area contributed by atoms with Gasteiger partial charge < -0.3 is 9.30 Å². The van der Waals surface area contributed by atoms with Gasteiger partial charge in [0.25, 0.3) is 0 Å². The fraction of sp³-hybridized carbons (Fsp3) is 0.391. The third-order valence-corrected chi connectivity index (χ3v) is 10.6. The van der Waals surface area contributed by atoms with Crippen LogP contribution >= 0.6 is 0 Å². The number of pyridine rings is 1. The van der Waals surface area contributed by atoms with E-state index in [0.717, 1.165) is 51.0 Å². The normalized spacial score (nSPS) is 18.1. The van der Waals surface area contributed by atoms with Crippen LogP contribution < -0.4 is 4.74 Å². The van der Waals surface area contributed by atoms with E-state index in [4.69, 9.17) is 14.8 Å². The summed E-state index contributed by atoms with van der Waals surface area (Å²) < 4.78 is 11.1. The van der Waals surface area contributed by atoms with Gasteiger partial charge in [-0.25, -0.2) is 4.98 Å². The second-order valence-electron chi connectivity index (χ2n) is 16.9. The van der Waals surface area contributed by atoms with Crippen molar-refractivity contribution < 1.29 is 25.8 Å². The van der Waals surface area contributed by atoms with Crippen molar-refractivity contribution in [2.45, 2.75) is 106 Å². The number of para-hydroxylation sites is 1. The number of benzene rings is 3. The summed E-state index contributed by atoms with van der Waals surface area (Å²) in [4.78, 5) is 4.79. The molecular formula is C46H52N4OPt. The first-order chi connectivity index (χ1) is 24.1. The molecule has 0 spiro atoms. The van der Waals surface area contributed by atoms with E-state index in [1.807, 2.05) is 12.3 Å². The molecule has 0 amide bonds. The summed E-state index contributed by atoms with van der Waals surface area (Å²) in [6.45, 7) is 25.0. The van der Waals surface area contributed by atoms with Gasteiger partial charge in [-0.1, -0.05) is 97.7 Å². The Morgan fingerprint density at radius 1 is 0.865 bits per heavy atom. The molecule has 0 saturated heterocycles. The van der Waals surface area contributed by atoms with Crippen LogP contribution in [-0.4, -0.2) is 19.3 Å². The maximum Gasteiger partial charge on any atom is 2.00 e. The second-order valence-corrected chi connectivity index (χ2v) is 16.9. The standard InChI is InChI=1S/C46H52N4O.Pt/c1-12-32-19-20-47-41(23-32)49-39-16-14-13-15-37(39)38-18-17-35(27-40(38)49)51-36-25-33(45(6,7)8)24-34(26-36)50-44(46(9,10)11)43(31(5)48-50)42-29(3)21-28(2)22-30(42)4;/h13-21,23-25,28,30,42H,12,22H2,1-11H3;/q-2;+2/t28-,30-,42?;/m0./s1. The van der Waals surface area contributed by atoms with Gasteiger partial charge >= 0.3 is 21.1 Å². The molecule has 3 aromatic carbocycles. The van der Waals surface area contributed by atoms with Crippen LogP contribution in [0.4, 0.5) is 0 Å². The molecule has 3 atom stereocenters. The average Bonchev–Trinajstić information content (AvgIpc) is 3.58. The van der Waals surface area contributed by atoms with Crippen LogP contribution in [-0.2, 0) is 38.3 Å². The van der Waals surface area contributed by atoms with E-state index >= 15 is 0 Å². The van der Waals surface area contributed by atoms with Crippen LogP contribution in [0.3, 0.4) is 0 Å². The number of hydrogen-bond donors (Lipinski definition) is 0. The smallest absolute Gasteiger partial charge is 0.509 e. The van der Waals surface area contributed by atoms with Crippen LogP contribution in [0.2, 0.25) is 0 Å². The topological polar surface area (TPSA) is 44.9 Å². The van der Waals surface area contributed by atoms with E-state index in [1.54, 1.807) is 0 Å². The molecule has 1 aliphatic rings.